The lowest BCUT2D eigenvalue weighted by Crippen LogP contribution is -2.54. The summed E-state index contributed by atoms with van der Waals surface area (Å²) in [5.41, 5.74) is 0. The third-order valence-electron chi connectivity index (χ3n) is 4.63. The van der Waals surface area contributed by atoms with E-state index in [0.717, 1.165) is 32.1 Å². The Kier molecular flexibility index (Phi) is 9.06. The van der Waals surface area contributed by atoms with Crippen LogP contribution in [-0.2, 0) is 0 Å². The van der Waals surface area contributed by atoms with Crippen LogP contribution in [0.25, 0.3) is 0 Å². The van der Waals surface area contributed by atoms with Crippen LogP contribution in [0.15, 0.2) is 27.8 Å². The minimum Gasteiger partial charge on any atom is -0.459 e. The summed E-state index contributed by atoms with van der Waals surface area (Å²) in [7, 11) is 1.82. The van der Waals surface area contributed by atoms with Crippen molar-refractivity contribution < 1.29 is 9.21 Å². The highest BCUT2D eigenvalue weighted by molar-refractivity contribution is 14.0. The van der Waals surface area contributed by atoms with Gasteiger partial charge in [-0.15, -0.1) is 24.0 Å². The average Bonchev–Trinajstić information content (AvgIpc) is 3.20. The van der Waals surface area contributed by atoms with E-state index in [9.17, 15) is 4.79 Å². The second-order valence-corrected chi connectivity index (χ2v) is 7.41. The number of hydrogen-bond donors (Lipinski definition) is 1. The van der Waals surface area contributed by atoms with E-state index in [0.29, 0.717) is 18.8 Å². The quantitative estimate of drug-likeness (QED) is 0.388. The zero-order chi connectivity index (χ0) is 17.5. The Balaban J connectivity index is 0.00000243. The molecule has 26 heavy (non-hydrogen) atoms. The van der Waals surface area contributed by atoms with Crippen LogP contribution in [0.2, 0.25) is 0 Å². The van der Waals surface area contributed by atoms with Gasteiger partial charge in [-0.1, -0.05) is 0 Å². The maximum absolute atomic E-state index is 12.3. The summed E-state index contributed by atoms with van der Waals surface area (Å²) >= 11 is 2.03. The first-order chi connectivity index (χ1) is 12.3. The number of aliphatic imine (C=N–C) groups is 1. The van der Waals surface area contributed by atoms with Crippen LogP contribution in [0.4, 0.5) is 0 Å². The van der Waals surface area contributed by atoms with Crippen LogP contribution in [0, 0.1) is 0 Å². The Morgan fingerprint density at radius 2 is 1.88 bits per heavy atom. The third-order valence-corrected chi connectivity index (χ3v) is 5.57. The van der Waals surface area contributed by atoms with Gasteiger partial charge in [-0.2, -0.15) is 11.8 Å². The maximum atomic E-state index is 12.3. The van der Waals surface area contributed by atoms with Crippen molar-refractivity contribution in [1.82, 2.24) is 20.0 Å². The van der Waals surface area contributed by atoms with Crippen molar-refractivity contribution in [3.63, 3.8) is 0 Å². The summed E-state index contributed by atoms with van der Waals surface area (Å²) < 4.78 is 5.21. The first-order valence-corrected chi connectivity index (χ1v) is 10.0. The van der Waals surface area contributed by atoms with E-state index in [2.05, 4.69) is 20.1 Å². The predicted octanol–water partition coefficient (Wildman–Crippen LogP) is 1.28. The van der Waals surface area contributed by atoms with Crippen molar-refractivity contribution in [3.8, 4) is 0 Å². The lowest BCUT2D eigenvalue weighted by atomic mass is 10.3. The van der Waals surface area contributed by atoms with Crippen LogP contribution >= 0.6 is 35.7 Å². The summed E-state index contributed by atoms with van der Waals surface area (Å²) in [5, 5.41) is 3.46. The molecule has 146 valence electrons. The van der Waals surface area contributed by atoms with Gasteiger partial charge in [0.2, 0.25) is 0 Å². The lowest BCUT2D eigenvalue weighted by molar-refractivity contribution is 0.0657. The van der Waals surface area contributed by atoms with Gasteiger partial charge in [-0.25, -0.2) is 0 Å². The summed E-state index contributed by atoms with van der Waals surface area (Å²) in [6.07, 6.45) is 1.54. The minimum atomic E-state index is -0.0319. The van der Waals surface area contributed by atoms with Gasteiger partial charge in [0, 0.05) is 70.9 Å². The van der Waals surface area contributed by atoms with E-state index in [1.807, 2.05) is 23.7 Å². The molecule has 0 aliphatic carbocycles. The van der Waals surface area contributed by atoms with Crippen molar-refractivity contribution in [2.45, 2.75) is 0 Å². The highest BCUT2D eigenvalue weighted by Gasteiger charge is 2.25. The molecule has 2 aliphatic rings. The van der Waals surface area contributed by atoms with Gasteiger partial charge in [0.05, 0.1) is 6.26 Å². The summed E-state index contributed by atoms with van der Waals surface area (Å²) in [4.78, 5) is 23.3. The molecule has 0 spiro atoms. The van der Waals surface area contributed by atoms with Crippen LogP contribution in [0.3, 0.4) is 0 Å². The van der Waals surface area contributed by atoms with Crippen molar-refractivity contribution in [1.29, 1.82) is 0 Å². The molecule has 3 heterocycles. The Labute approximate surface area is 176 Å². The van der Waals surface area contributed by atoms with Gasteiger partial charge in [0.1, 0.15) is 0 Å². The van der Waals surface area contributed by atoms with Gasteiger partial charge in [-0.05, 0) is 12.1 Å². The van der Waals surface area contributed by atoms with Crippen molar-refractivity contribution >= 4 is 47.6 Å². The normalized spacial score (nSPS) is 19.2. The van der Waals surface area contributed by atoms with E-state index in [1.165, 1.54) is 30.9 Å². The van der Waals surface area contributed by atoms with Crippen molar-refractivity contribution in [2.75, 3.05) is 70.9 Å². The first-order valence-electron chi connectivity index (χ1n) is 8.86. The number of furan rings is 1. The zero-order valence-electron chi connectivity index (χ0n) is 15.2. The average molecular weight is 493 g/mol. The van der Waals surface area contributed by atoms with Crippen LogP contribution in [-0.4, -0.2) is 97.5 Å². The van der Waals surface area contributed by atoms with E-state index >= 15 is 0 Å². The van der Waals surface area contributed by atoms with Crippen molar-refractivity contribution in [3.05, 3.63) is 24.2 Å². The molecular weight excluding hydrogens is 465 g/mol. The molecule has 2 aliphatic heterocycles. The number of amides is 1. The zero-order valence-corrected chi connectivity index (χ0v) is 18.4. The third kappa shape index (κ3) is 5.78. The monoisotopic (exact) mass is 493 g/mol. The fourth-order valence-electron chi connectivity index (χ4n) is 3.16. The standard InChI is InChI=1S/C17H27N5O2S.HI/c1-18-17(19-4-5-20-10-13-25-14-11-20)22-8-6-21(7-9-22)16(23)15-3-2-12-24-15;/h2-3,12H,4-11,13-14H2,1H3,(H,18,19);1H. The molecule has 2 saturated heterocycles. The molecule has 0 saturated carbocycles. The van der Waals surface area contributed by atoms with Gasteiger partial charge >= 0.3 is 0 Å². The molecule has 0 radical (unpaired) electrons. The van der Waals surface area contributed by atoms with Gasteiger partial charge in [0.25, 0.3) is 5.91 Å². The lowest BCUT2D eigenvalue weighted by Gasteiger charge is -2.36. The molecule has 9 heteroatoms. The number of carbonyl (C=O) groups excluding carboxylic acids is 1. The highest BCUT2D eigenvalue weighted by atomic mass is 127. The Bertz CT molecular complexity index is 570. The molecule has 0 unspecified atom stereocenters. The van der Waals surface area contributed by atoms with Crippen LogP contribution in [0.1, 0.15) is 10.6 Å². The first kappa shape index (κ1) is 21.4. The molecule has 1 aromatic heterocycles. The molecule has 2 fully saturated rings. The number of halogens is 1. The van der Waals surface area contributed by atoms with E-state index in [4.69, 9.17) is 4.42 Å². The van der Waals surface area contributed by atoms with E-state index < -0.39 is 0 Å². The molecule has 0 atom stereocenters. The molecule has 7 nitrogen and oxygen atoms in total. The molecule has 1 amide bonds. The van der Waals surface area contributed by atoms with Crippen molar-refractivity contribution in [2.24, 2.45) is 4.99 Å². The van der Waals surface area contributed by atoms with Gasteiger partial charge in [0.15, 0.2) is 11.7 Å². The Morgan fingerprint density at radius 1 is 1.19 bits per heavy atom. The molecule has 1 N–H and O–H groups in total. The summed E-state index contributed by atoms with van der Waals surface area (Å²) in [6, 6.07) is 3.46. The number of nitrogens with zero attached hydrogens (tertiary/aromatic N) is 4. The molecular formula is C17H28IN5O2S. The topological polar surface area (TPSA) is 64.3 Å². The van der Waals surface area contributed by atoms with Gasteiger partial charge < -0.3 is 19.5 Å². The van der Waals surface area contributed by atoms with Crippen LogP contribution < -0.4 is 5.32 Å². The van der Waals surface area contributed by atoms with Gasteiger partial charge in [-0.3, -0.25) is 14.7 Å². The Morgan fingerprint density at radius 3 is 2.50 bits per heavy atom. The smallest absolute Gasteiger partial charge is 0.289 e. The number of nitrogens with one attached hydrogen (secondary N) is 1. The fourth-order valence-corrected chi connectivity index (χ4v) is 4.14. The number of hydrogen-bond acceptors (Lipinski definition) is 5. The highest BCUT2D eigenvalue weighted by Crippen LogP contribution is 2.10. The largest absolute Gasteiger partial charge is 0.459 e. The number of rotatable bonds is 4. The Hall–Kier alpha value is -0.940. The number of carbonyl (C=O) groups is 1. The molecule has 0 aromatic carbocycles. The summed E-state index contributed by atoms with van der Waals surface area (Å²) in [5.74, 6) is 3.78. The van der Waals surface area contributed by atoms with Crippen LogP contribution in [0.5, 0.6) is 0 Å². The predicted molar refractivity (Wildman–Crippen MR) is 117 cm³/mol. The second kappa shape index (κ2) is 11.0. The SMILES string of the molecule is CN=C(NCCN1CCSCC1)N1CCN(C(=O)c2ccco2)CC1.I. The number of guanidine groups is 1. The fraction of sp³-hybridized carbons (Fsp3) is 0.647. The van der Waals surface area contributed by atoms with E-state index in [-0.39, 0.29) is 29.9 Å². The minimum absolute atomic E-state index is 0. The van der Waals surface area contributed by atoms with E-state index in [1.54, 1.807) is 12.1 Å². The molecule has 0 bridgehead atoms. The number of thioether (sulfide) groups is 1. The maximum Gasteiger partial charge on any atom is 0.289 e. The second-order valence-electron chi connectivity index (χ2n) is 6.18. The molecule has 3 rings (SSSR count). The molecule has 1 aromatic rings. The number of piperazine rings is 1. The summed E-state index contributed by atoms with van der Waals surface area (Å²) in [6.45, 7) is 7.25.